The first kappa shape index (κ1) is 12.8. The molecule has 1 aromatic carbocycles. The second kappa shape index (κ2) is 5.30. The summed E-state index contributed by atoms with van der Waals surface area (Å²) >= 11 is 3.22. The van der Waals surface area contributed by atoms with E-state index in [1.54, 1.807) is 6.92 Å². The minimum atomic E-state index is -0.229. The molecule has 1 atom stereocenters. The van der Waals surface area contributed by atoms with E-state index < -0.39 is 0 Å². The van der Waals surface area contributed by atoms with Crippen molar-refractivity contribution in [2.24, 2.45) is 0 Å². The summed E-state index contributed by atoms with van der Waals surface area (Å²) in [6.45, 7) is 3.69. The van der Waals surface area contributed by atoms with Gasteiger partial charge < -0.3 is 9.73 Å². The number of halogens is 1. The number of amides is 1. The number of nitrogens with one attached hydrogen (secondary N) is 1. The number of nitrogens with zero attached hydrogens (tertiary/aromatic N) is 2. The summed E-state index contributed by atoms with van der Waals surface area (Å²) in [4.78, 5) is 11.4. The zero-order valence-corrected chi connectivity index (χ0v) is 11.6. The van der Waals surface area contributed by atoms with Crippen LogP contribution in [-0.2, 0) is 4.79 Å². The first-order chi connectivity index (χ1) is 8.58. The number of aryl methyl sites for hydroxylation is 1. The third-order valence-electron chi connectivity index (χ3n) is 2.45. The van der Waals surface area contributed by atoms with Crippen molar-refractivity contribution in [3.8, 4) is 11.5 Å². The van der Waals surface area contributed by atoms with Crippen LogP contribution in [-0.4, -0.2) is 20.9 Å². The molecular weight excluding hydrogens is 298 g/mol. The second-order valence-electron chi connectivity index (χ2n) is 3.88. The van der Waals surface area contributed by atoms with E-state index in [1.165, 1.54) is 6.39 Å². The van der Waals surface area contributed by atoms with Crippen LogP contribution in [0.2, 0.25) is 0 Å². The lowest BCUT2D eigenvalue weighted by Gasteiger charge is -2.10. The highest BCUT2D eigenvalue weighted by atomic mass is 79.9. The summed E-state index contributed by atoms with van der Waals surface area (Å²) in [5, 5.41) is 10.3. The van der Waals surface area contributed by atoms with E-state index in [0.717, 1.165) is 16.8 Å². The zero-order chi connectivity index (χ0) is 13.1. The number of carbonyl (C=O) groups is 1. The predicted octanol–water partition coefficient (Wildman–Crippen LogP) is 2.77. The quantitative estimate of drug-likeness (QED) is 0.885. The molecule has 1 heterocycles. The maximum atomic E-state index is 11.6. The van der Waals surface area contributed by atoms with Crippen molar-refractivity contribution in [2.75, 3.05) is 5.32 Å². The summed E-state index contributed by atoms with van der Waals surface area (Å²) in [5.41, 5.74) is 2.54. The Morgan fingerprint density at radius 2 is 2.28 bits per heavy atom. The summed E-state index contributed by atoms with van der Waals surface area (Å²) in [7, 11) is 0. The molecule has 5 nitrogen and oxygen atoms in total. The molecule has 94 valence electrons. The largest absolute Gasteiger partial charge is 0.423 e. The third-order valence-corrected chi connectivity index (χ3v) is 2.87. The molecule has 0 saturated heterocycles. The van der Waals surface area contributed by atoms with Crippen LogP contribution in [0.4, 0.5) is 5.69 Å². The van der Waals surface area contributed by atoms with Crippen molar-refractivity contribution in [2.45, 2.75) is 18.7 Å². The topological polar surface area (TPSA) is 68.0 Å². The van der Waals surface area contributed by atoms with E-state index in [1.807, 2.05) is 25.1 Å². The van der Waals surface area contributed by atoms with Gasteiger partial charge in [-0.05, 0) is 37.6 Å². The smallest absolute Gasteiger partial charge is 0.247 e. The van der Waals surface area contributed by atoms with Gasteiger partial charge in [0, 0.05) is 11.3 Å². The molecule has 0 bridgehead atoms. The summed E-state index contributed by atoms with van der Waals surface area (Å²) in [6.07, 6.45) is 1.28. The summed E-state index contributed by atoms with van der Waals surface area (Å²) in [5.74, 6) is 0.383. The number of carbonyl (C=O) groups excluding carboxylic acids is 1. The highest BCUT2D eigenvalue weighted by Crippen LogP contribution is 2.23. The number of hydrogen-bond acceptors (Lipinski definition) is 4. The van der Waals surface area contributed by atoms with Gasteiger partial charge in [0.25, 0.3) is 0 Å². The molecule has 0 aliphatic carbocycles. The van der Waals surface area contributed by atoms with E-state index in [9.17, 15) is 4.79 Å². The van der Waals surface area contributed by atoms with Crippen molar-refractivity contribution in [3.63, 3.8) is 0 Å². The molecule has 2 rings (SSSR count). The van der Waals surface area contributed by atoms with Gasteiger partial charge in [0.05, 0.1) is 4.83 Å². The van der Waals surface area contributed by atoms with E-state index in [-0.39, 0.29) is 10.7 Å². The molecule has 1 aromatic heterocycles. The number of rotatable bonds is 3. The van der Waals surface area contributed by atoms with Crippen LogP contribution < -0.4 is 5.32 Å². The Kier molecular flexibility index (Phi) is 3.76. The molecule has 1 amide bonds. The predicted molar refractivity (Wildman–Crippen MR) is 71.5 cm³/mol. The molecule has 0 saturated carbocycles. The van der Waals surface area contributed by atoms with Gasteiger partial charge >= 0.3 is 0 Å². The van der Waals surface area contributed by atoms with Gasteiger partial charge in [-0.2, -0.15) is 0 Å². The molecule has 1 N–H and O–H groups in total. The molecule has 6 heteroatoms. The van der Waals surface area contributed by atoms with Crippen LogP contribution in [0.1, 0.15) is 12.5 Å². The van der Waals surface area contributed by atoms with Crippen molar-refractivity contribution < 1.29 is 9.21 Å². The summed E-state index contributed by atoms with van der Waals surface area (Å²) < 4.78 is 5.12. The van der Waals surface area contributed by atoms with Gasteiger partial charge in [0.2, 0.25) is 18.2 Å². The monoisotopic (exact) mass is 309 g/mol. The fourth-order valence-electron chi connectivity index (χ4n) is 1.47. The Hall–Kier alpha value is -1.69. The normalized spacial score (nSPS) is 12.2. The minimum absolute atomic E-state index is 0.0800. The molecule has 0 aliphatic heterocycles. The van der Waals surface area contributed by atoms with E-state index in [0.29, 0.717) is 5.89 Å². The average molecular weight is 310 g/mol. The third kappa shape index (κ3) is 2.76. The van der Waals surface area contributed by atoms with Gasteiger partial charge in [-0.15, -0.1) is 10.2 Å². The lowest BCUT2D eigenvalue weighted by molar-refractivity contribution is -0.115. The van der Waals surface area contributed by atoms with Crippen LogP contribution >= 0.6 is 15.9 Å². The Bertz CT molecular complexity index is 552. The van der Waals surface area contributed by atoms with E-state index >= 15 is 0 Å². The number of alkyl halides is 1. The van der Waals surface area contributed by atoms with Crippen LogP contribution in [0.5, 0.6) is 0 Å². The molecule has 0 radical (unpaired) electrons. The SMILES string of the molecule is Cc1cc(-c2nnco2)ccc1NC(=O)C(C)Br. The van der Waals surface area contributed by atoms with Crippen LogP contribution in [0.25, 0.3) is 11.5 Å². The zero-order valence-electron chi connectivity index (χ0n) is 9.98. The lowest BCUT2D eigenvalue weighted by atomic mass is 10.1. The molecular formula is C12H12BrN3O2. The van der Waals surface area contributed by atoms with Crippen molar-refractivity contribution >= 4 is 27.5 Å². The fraction of sp³-hybridized carbons (Fsp3) is 0.250. The first-order valence-corrected chi connectivity index (χ1v) is 6.31. The Morgan fingerprint density at radius 1 is 1.50 bits per heavy atom. The molecule has 0 fully saturated rings. The number of aromatic nitrogens is 2. The number of hydrogen-bond donors (Lipinski definition) is 1. The van der Waals surface area contributed by atoms with Crippen molar-refractivity contribution in [1.29, 1.82) is 0 Å². The first-order valence-electron chi connectivity index (χ1n) is 5.40. The molecule has 18 heavy (non-hydrogen) atoms. The van der Waals surface area contributed by atoms with Crippen molar-refractivity contribution in [3.05, 3.63) is 30.2 Å². The Balaban J connectivity index is 2.23. The van der Waals surface area contributed by atoms with E-state index in [2.05, 4.69) is 31.4 Å². The Labute approximate surface area is 113 Å². The summed E-state index contributed by atoms with van der Waals surface area (Å²) in [6, 6.07) is 5.54. The van der Waals surface area contributed by atoms with Gasteiger partial charge in [-0.25, -0.2) is 0 Å². The fourth-order valence-corrected chi connectivity index (χ4v) is 1.58. The van der Waals surface area contributed by atoms with Crippen LogP contribution in [0.3, 0.4) is 0 Å². The second-order valence-corrected chi connectivity index (χ2v) is 5.25. The lowest BCUT2D eigenvalue weighted by Crippen LogP contribution is -2.20. The van der Waals surface area contributed by atoms with Gasteiger partial charge in [-0.3, -0.25) is 4.79 Å². The highest BCUT2D eigenvalue weighted by molar-refractivity contribution is 9.10. The minimum Gasteiger partial charge on any atom is -0.423 e. The molecule has 1 unspecified atom stereocenters. The Morgan fingerprint density at radius 3 is 2.83 bits per heavy atom. The van der Waals surface area contributed by atoms with Crippen LogP contribution in [0, 0.1) is 6.92 Å². The molecule has 0 aliphatic rings. The highest BCUT2D eigenvalue weighted by Gasteiger charge is 2.11. The van der Waals surface area contributed by atoms with Gasteiger partial charge in [-0.1, -0.05) is 15.9 Å². The van der Waals surface area contributed by atoms with Gasteiger partial charge in [0.15, 0.2) is 0 Å². The van der Waals surface area contributed by atoms with E-state index in [4.69, 9.17) is 4.42 Å². The van der Waals surface area contributed by atoms with Crippen LogP contribution in [0.15, 0.2) is 29.0 Å². The standard InChI is InChI=1S/C12H12BrN3O2/c1-7-5-9(12-16-14-6-18-12)3-4-10(7)15-11(17)8(2)13/h3-6,8H,1-2H3,(H,15,17). The average Bonchev–Trinajstić information content (AvgIpc) is 2.85. The number of anilines is 1. The molecule has 0 spiro atoms. The molecule has 2 aromatic rings. The van der Waals surface area contributed by atoms with Gasteiger partial charge in [0.1, 0.15) is 0 Å². The number of benzene rings is 1. The maximum Gasteiger partial charge on any atom is 0.247 e. The maximum absolute atomic E-state index is 11.6. The van der Waals surface area contributed by atoms with Crippen molar-refractivity contribution in [1.82, 2.24) is 10.2 Å².